The van der Waals surface area contributed by atoms with Gasteiger partial charge in [0.05, 0.1) is 19.3 Å². The SMILES string of the molecule is [2H]c1c([2H])c([2H])c(-c2c(-c3cccc4c3oc3c(-c5c6ccccc6c(-c6c([2H])c([2H])c([2H])c([2H])c6[2H])c6ccccc56)cccc34)oc3ccccc23)c([2H])c1[2H]. The molecule has 8 aromatic carbocycles. The quantitative estimate of drug-likeness (QED) is 0.183. The summed E-state index contributed by atoms with van der Waals surface area (Å²) in [4.78, 5) is 0. The van der Waals surface area contributed by atoms with E-state index in [0.29, 0.717) is 55.4 Å². The first-order valence-corrected chi connectivity index (χ1v) is 15.5. The Morgan fingerprint density at radius 2 is 0.812 bits per heavy atom. The van der Waals surface area contributed by atoms with E-state index in [2.05, 4.69) is 0 Å². The minimum Gasteiger partial charge on any atom is -0.455 e. The van der Waals surface area contributed by atoms with E-state index in [1.54, 1.807) is 12.1 Å². The lowest BCUT2D eigenvalue weighted by molar-refractivity contribution is 0.627. The molecule has 2 nitrogen and oxygen atoms in total. The summed E-state index contributed by atoms with van der Waals surface area (Å²) in [7, 11) is 0. The lowest BCUT2D eigenvalue weighted by Gasteiger charge is -2.17. The molecule has 0 aliphatic heterocycles. The lowest BCUT2D eigenvalue weighted by Crippen LogP contribution is -1.90. The molecule has 0 saturated heterocycles. The molecule has 0 fully saturated rings. The standard InChI is InChI=1S/C46H28O2/c1-3-15-29(16-4-1)41-31-19-7-9-21-33(31)43(34-22-10-8-20-32(34)41)38-26-13-24-35-36-25-14-27-39(45(36)48-44(35)38)46-42(30-17-5-2-6-18-30)37-23-11-12-28-40(37)47-46/h1-28H/i1D,2D,3D,4D,5D,6D,15D,16D,17D,18D. The Kier molecular flexibility index (Phi) is 4.12. The van der Waals surface area contributed by atoms with Crippen molar-refractivity contribution in [1.82, 2.24) is 0 Å². The number of hydrogen-bond acceptors (Lipinski definition) is 2. The van der Waals surface area contributed by atoms with Crippen molar-refractivity contribution in [3.8, 4) is 44.7 Å². The van der Waals surface area contributed by atoms with Crippen LogP contribution in [0.5, 0.6) is 0 Å². The Balaban J connectivity index is 1.29. The van der Waals surface area contributed by atoms with Crippen LogP contribution in [0.4, 0.5) is 0 Å². The zero-order chi connectivity index (χ0) is 40.3. The molecule has 0 unspecified atom stereocenters. The van der Waals surface area contributed by atoms with Crippen LogP contribution in [0.3, 0.4) is 0 Å². The smallest absolute Gasteiger partial charge is 0.147 e. The average molecular weight is 623 g/mol. The Morgan fingerprint density at radius 3 is 1.42 bits per heavy atom. The van der Waals surface area contributed by atoms with Gasteiger partial charge in [-0.2, -0.15) is 0 Å². The van der Waals surface area contributed by atoms with E-state index in [9.17, 15) is 0 Å². The van der Waals surface area contributed by atoms with E-state index in [4.69, 9.17) is 22.5 Å². The molecule has 224 valence electrons. The van der Waals surface area contributed by atoms with Crippen molar-refractivity contribution in [3.63, 3.8) is 0 Å². The number of furan rings is 2. The van der Waals surface area contributed by atoms with Gasteiger partial charge in [0.2, 0.25) is 0 Å². The molecule has 2 aromatic heterocycles. The van der Waals surface area contributed by atoms with Crippen molar-refractivity contribution < 1.29 is 22.5 Å². The summed E-state index contributed by atoms with van der Waals surface area (Å²) in [6.07, 6.45) is 0. The van der Waals surface area contributed by atoms with E-state index < -0.39 is 36.3 Å². The summed E-state index contributed by atoms with van der Waals surface area (Å²) in [6.45, 7) is 0. The topological polar surface area (TPSA) is 26.3 Å². The maximum Gasteiger partial charge on any atom is 0.147 e. The molecule has 0 amide bonds. The molecule has 0 N–H and O–H groups in total. The van der Waals surface area contributed by atoms with Crippen molar-refractivity contribution in [3.05, 3.63) is 170 Å². The number of hydrogen-bond donors (Lipinski definition) is 0. The highest BCUT2D eigenvalue weighted by Gasteiger charge is 2.24. The number of benzene rings is 8. The fourth-order valence-electron chi connectivity index (χ4n) is 7.12. The van der Waals surface area contributed by atoms with Crippen LogP contribution in [0.1, 0.15) is 13.7 Å². The molecule has 10 rings (SSSR count). The van der Waals surface area contributed by atoms with Gasteiger partial charge in [-0.1, -0.05) is 157 Å². The van der Waals surface area contributed by atoms with Crippen molar-refractivity contribution in [2.24, 2.45) is 0 Å². The van der Waals surface area contributed by atoms with E-state index >= 15 is 0 Å². The Bertz CT molecular complexity index is 3300. The summed E-state index contributed by atoms with van der Waals surface area (Å²) in [6, 6.07) is 30.1. The van der Waals surface area contributed by atoms with Crippen LogP contribution < -0.4 is 0 Å². The molecule has 0 aliphatic carbocycles. The number of rotatable bonds is 4. The van der Waals surface area contributed by atoms with Gasteiger partial charge in [-0.25, -0.2) is 0 Å². The van der Waals surface area contributed by atoms with Gasteiger partial charge in [-0.05, 0) is 50.4 Å². The largest absolute Gasteiger partial charge is 0.455 e. The third-order valence-corrected chi connectivity index (χ3v) is 9.07. The van der Waals surface area contributed by atoms with Gasteiger partial charge in [0.25, 0.3) is 0 Å². The molecule has 0 aliphatic rings. The van der Waals surface area contributed by atoms with Crippen LogP contribution in [0.15, 0.2) is 178 Å². The van der Waals surface area contributed by atoms with E-state index in [-0.39, 0.29) is 35.3 Å². The third-order valence-electron chi connectivity index (χ3n) is 9.07. The second-order valence-electron chi connectivity index (χ2n) is 11.6. The van der Waals surface area contributed by atoms with Crippen LogP contribution >= 0.6 is 0 Å². The fourth-order valence-corrected chi connectivity index (χ4v) is 7.12. The molecule has 0 atom stereocenters. The molecule has 0 saturated carbocycles. The summed E-state index contributed by atoms with van der Waals surface area (Å²) in [5.41, 5.74) is 4.69. The van der Waals surface area contributed by atoms with Gasteiger partial charge in [0.1, 0.15) is 22.5 Å². The van der Waals surface area contributed by atoms with Crippen LogP contribution in [0.2, 0.25) is 0 Å². The predicted molar refractivity (Wildman–Crippen MR) is 200 cm³/mol. The second kappa shape index (κ2) is 10.6. The number of fused-ring (bicyclic) bond motifs is 6. The van der Waals surface area contributed by atoms with Crippen molar-refractivity contribution in [1.29, 1.82) is 0 Å². The maximum absolute atomic E-state index is 8.92. The molecule has 0 radical (unpaired) electrons. The molecule has 2 heterocycles. The van der Waals surface area contributed by atoms with Crippen molar-refractivity contribution >= 4 is 54.5 Å². The fraction of sp³-hybridized carbons (Fsp3) is 0. The predicted octanol–water partition coefficient (Wildman–Crippen LogP) is 13.3. The highest BCUT2D eigenvalue weighted by Crippen LogP contribution is 2.49. The highest BCUT2D eigenvalue weighted by molar-refractivity contribution is 6.24. The van der Waals surface area contributed by atoms with Gasteiger partial charge in [-0.15, -0.1) is 0 Å². The van der Waals surface area contributed by atoms with Gasteiger partial charge in [0.15, 0.2) is 0 Å². The summed E-state index contributed by atoms with van der Waals surface area (Å²) >= 11 is 0. The minimum atomic E-state index is -0.485. The van der Waals surface area contributed by atoms with Crippen LogP contribution in [-0.2, 0) is 0 Å². The normalized spacial score (nSPS) is 14.7. The van der Waals surface area contributed by atoms with E-state index in [1.807, 2.05) is 97.1 Å². The Labute approximate surface area is 291 Å². The van der Waals surface area contributed by atoms with Crippen LogP contribution in [-0.4, -0.2) is 0 Å². The van der Waals surface area contributed by atoms with E-state index in [0.717, 1.165) is 32.7 Å². The van der Waals surface area contributed by atoms with Crippen LogP contribution in [0, 0.1) is 0 Å². The van der Waals surface area contributed by atoms with Crippen LogP contribution in [0.25, 0.3) is 99.2 Å². The van der Waals surface area contributed by atoms with Gasteiger partial charge >= 0.3 is 0 Å². The molecular weight excluding hydrogens is 585 g/mol. The monoisotopic (exact) mass is 622 g/mol. The second-order valence-corrected chi connectivity index (χ2v) is 11.6. The average Bonchev–Trinajstić information content (AvgIpc) is 3.83. The lowest BCUT2D eigenvalue weighted by atomic mass is 9.85. The van der Waals surface area contributed by atoms with Gasteiger partial charge in [0, 0.05) is 32.8 Å². The zero-order valence-corrected chi connectivity index (χ0v) is 25.2. The first-order chi connectivity index (χ1) is 28.0. The third kappa shape index (κ3) is 3.93. The van der Waals surface area contributed by atoms with Gasteiger partial charge in [-0.3, -0.25) is 0 Å². The Morgan fingerprint density at radius 1 is 0.354 bits per heavy atom. The first-order valence-electron chi connectivity index (χ1n) is 20.5. The molecule has 0 bridgehead atoms. The summed E-state index contributed by atoms with van der Waals surface area (Å²) in [5, 5.41) is 5.14. The summed E-state index contributed by atoms with van der Waals surface area (Å²) < 4.78 is 99.4. The zero-order valence-electron chi connectivity index (χ0n) is 35.2. The maximum atomic E-state index is 8.92. The molecule has 0 spiro atoms. The molecule has 2 heteroatoms. The molecule has 48 heavy (non-hydrogen) atoms. The highest BCUT2D eigenvalue weighted by atomic mass is 16.3. The summed E-state index contributed by atoms with van der Waals surface area (Å²) in [5.74, 6) is 0.296. The molecule has 10 aromatic rings. The van der Waals surface area contributed by atoms with Crippen molar-refractivity contribution in [2.75, 3.05) is 0 Å². The van der Waals surface area contributed by atoms with Gasteiger partial charge < -0.3 is 8.83 Å². The minimum absolute atomic E-state index is 0.0249. The first kappa shape index (κ1) is 18.7. The Hall–Kier alpha value is -6.38. The number of para-hydroxylation sites is 3. The van der Waals surface area contributed by atoms with E-state index in [1.165, 1.54) is 0 Å². The van der Waals surface area contributed by atoms with Crippen molar-refractivity contribution in [2.45, 2.75) is 0 Å². The molecular formula is C46H28O2.